The van der Waals surface area contributed by atoms with Crippen LogP contribution < -0.4 is 10.9 Å². The number of aromatic nitrogens is 2. The molecular formula is C16H23N3O. The SMILES string of the molecule is CCNC(CC)c1ccn(CCn2ccccc2=O)c1. The van der Waals surface area contributed by atoms with Crippen LogP contribution in [0.1, 0.15) is 31.9 Å². The van der Waals surface area contributed by atoms with Crippen LogP contribution >= 0.6 is 0 Å². The summed E-state index contributed by atoms with van der Waals surface area (Å²) in [5.41, 5.74) is 1.37. The molecule has 1 N–H and O–H groups in total. The molecule has 2 heterocycles. The molecule has 0 saturated heterocycles. The number of hydrogen-bond acceptors (Lipinski definition) is 2. The normalized spacial score (nSPS) is 12.5. The molecule has 4 nitrogen and oxygen atoms in total. The van der Waals surface area contributed by atoms with Crippen LogP contribution in [0.25, 0.3) is 0 Å². The molecule has 2 aromatic heterocycles. The maximum atomic E-state index is 11.6. The Morgan fingerprint density at radius 2 is 2.00 bits per heavy atom. The predicted octanol–water partition coefficient (Wildman–Crippen LogP) is 2.41. The van der Waals surface area contributed by atoms with Gasteiger partial charge in [0.05, 0.1) is 0 Å². The van der Waals surface area contributed by atoms with Crippen LogP contribution in [0.3, 0.4) is 0 Å². The van der Waals surface area contributed by atoms with Crippen molar-refractivity contribution in [2.45, 2.75) is 39.4 Å². The fourth-order valence-corrected chi connectivity index (χ4v) is 2.42. The van der Waals surface area contributed by atoms with Gasteiger partial charge in [0.2, 0.25) is 0 Å². The van der Waals surface area contributed by atoms with Gasteiger partial charge in [-0.3, -0.25) is 4.79 Å². The van der Waals surface area contributed by atoms with E-state index in [1.165, 1.54) is 5.56 Å². The summed E-state index contributed by atoms with van der Waals surface area (Å²) in [4.78, 5) is 11.6. The van der Waals surface area contributed by atoms with E-state index in [-0.39, 0.29) is 5.56 Å². The standard InChI is InChI=1S/C16H23N3O/c1-3-15(17-4-2)14-8-10-18(13-14)11-12-19-9-6-5-7-16(19)20/h5-10,13,15,17H,3-4,11-12H2,1-2H3. The smallest absolute Gasteiger partial charge is 0.250 e. The minimum Gasteiger partial charge on any atom is -0.352 e. The molecule has 0 aliphatic rings. The van der Waals surface area contributed by atoms with Crippen LogP contribution in [0.15, 0.2) is 47.7 Å². The minimum atomic E-state index is 0.0546. The highest BCUT2D eigenvalue weighted by Gasteiger charge is 2.08. The zero-order valence-corrected chi connectivity index (χ0v) is 12.2. The molecule has 4 heteroatoms. The monoisotopic (exact) mass is 273 g/mol. The Morgan fingerprint density at radius 1 is 1.15 bits per heavy atom. The highest BCUT2D eigenvalue weighted by atomic mass is 16.1. The van der Waals surface area contributed by atoms with Gasteiger partial charge < -0.3 is 14.5 Å². The van der Waals surface area contributed by atoms with E-state index in [0.717, 1.165) is 19.5 Å². The van der Waals surface area contributed by atoms with E-state index in [4.69, 9.17) is 0 Å². The number of hydrogen-bond donors (Lipinski definition) is 1. The van der Waals surface area contributed by atoms with Gasteiger partial charge in [-0.15, -0.1) is 0 Å². The lowest BCUT2D eigenvalue weighted by Crippen LogP contribution is -2.20. The highest BCUT2D eigenvalue weighted by molar-refractivity contribution is 5.15. The second-order valence-corrected chi connectivity index (χ2v) is 4.93. The van der Waals surface area contributed by atoms with E-state index < -0.39 is 0 Å². The van der Waals surface area contributed by atoms with E-state index in [0.29, 0.717) is 12.6 Å². The third kappa shape index (κ3) is 3.61. The number of nitrogens with zero attached hydrogens (tertiary/aromatic N) is 2. The Kier molecular flexibility index (Phi) is 5.18. The maximum absolute atomic E-state index is 11.6. The first-order valence-corrected chi connectivity index (χ1v) is 7.29. The molecule has 0 bridgehead atoms. The largest absolute Gasteiger partial charge is 0.352 e. The molecule has 0 amide bonds. The van der Waals surface area contributed by atoms with Crippen LogP contribution in [0.4, 0.5) is 0 Å². The van der Waals surface area contributed by atoms with Crippen LogP contribution in [0, 0.1) is 0 Å². The number of rotatable bonds is 7. The lowest BCUT2D eigenvalue weighted by atomic mass is 10.1. The van der Waals surface area contributed by atoms with E-state index in [2.05, 4.69) is 42.2 Å². The Hall–Kier alpha value is -1.81. The highest BCUT2D eigenvalue weighted by Crippen LogP contribution is 2.16. The second kappa shape index (κ2) is 7.10. The van der Waals surface area contributed by atoms with Crippen molar-refractivity contribution in [3.63, 3.8) is 0 Å². The van der Waals surface area contributed by atoms with E-state index in [9.17, 15) is 4.79 Å². The van der Waals surface area contributed by atoms with Gasteiger partial charge in [0, 0.05) is 43.8 Å². The summed E-state index contributed by atoms with van der Waals surface area (Å²) in [7, 11) is 0. The lowest BCUT2D eigenvalue weighted by Gasteiger charge is -2.14. The molecule has 20 heavy (non-hydrogen) atoms. The molecule has 0 aliphatic carbocycles. The summed E-state index contributed by atoms with van der Waals surface area (Å²) in [6.07, 6.45) is 7.17. The molecular weight excluding hydrogens is 250 g/mol. The average molecular weight is 273 g/mol. The maximum Gasteiger partial charge on any atom is 0.250 e. The number of aryl methyl sites for hydroxylation is 2. The van der Waals surface area contributed by atoms with Crippen molar-refractivity contribution in [3.8, 4) is 0 Å². The molecule has 0 saturated carbocycles. The van der Waals surface area contributed by atoms with E-state index in [1.807, 2.05) is 12.3 Å². The molecule has 0 aromatic carbocycles. The third-order valence-corrected chi connectivity index (χ3v) is 3.53. The van der Waals surface area contributed by atoms with Gasteiger partial charge >= 0.3 is 0 Å². The Balaban J connectivity index is 1.99. The first kappa shape index (κ1) is 14.6. The van der Waals surface area contributed by atoms with Crippen molar-refractivity contribution < 1.29 is 0 Å². The molecule has 108 valence electrons. The predicted molar refractivity (Wildman–Crippen MR) is 81.8 cm³/mol. The van der Waals surface area contributed by atoms with Gasteiger partial charge in [-0.2, -0.15) is 0 Å². The molecule has 1 atom stereocenters. The molecule has 1 unspecified atom stereocenters. The van der Waals surface area contributed by atoms with Crippen LogP contribution in [0.2, 0.25) is 0 Å². The second-order valence-electron chi connectivity index (χ2n) is 4.93. The Morgan fingerprint density at radius 3 is 2.70 bits per heavy atom. The quantitative estimate of drug-likeness (QED) is 0.841. The van der Waals surface area contributed by atoms with Crippen molar-refractivity contribution in [1.29, 1.82) is 0 Å². The topological polar surface area (TPSA) is 39.0 Å². The van der Waals surface area contributed by atoms with Crippen molar-refractivity contribution in [3.05, 3.63) is 58.8 Å². The first-order chi connectivity index (χ1) is 9.74. The van der Waals surface area contributed by atoms with Gasteiger partial charge in [0.1, 0.15) is 0 Å². The van der Waals surface area contributed by atoms with Gasteiger partial charge in [-0.05, 0) is 30.7 Å². The Labute approximate surface area is 120 Å². The zero-order chi connectivity index (χ0) is 14.4. The van der Waals surface area contributed by atoms with Gasteiger partial charge in [0.15, 0.2) is 0 Å². The third-order valence-electron chi connectivity index (χ3n) is 3.53. The van der Waals surface area contributed by atoms with Gasteiger partial charge in [-0.1, -0.05) is 19.9 Å². The van der Waals surface area contributed by atoms with E-state index in [1.54, 1.807) is 16.7 Å². The molecule has 0 aliphatic heterocycles. The summed E-state index contributed by atoms with van der Waals surface area (Å²) in [5.74, 6) is 0. The summed E-state index contributed by atoms with van der Waals surface area (Å²) >= 11 is 0. The number of nitrogens with one attached hydrogen (secondary N) is 1. The van der Waals surface area contributed by atoms with Crippen LogP contribution in [0.5, 0.6) is 0 Å². The van der Waals surface area contributed by atoms with Crippen LogP contribution in [-0.4, -0.2) is 15.7 Å². The summed E-state index contributed by atoms with van der Waals surface area (Å²) in [6.45, 7) is 6.80. The molecule has 0 spiro atoms. The lowest BCUT2D eigenvalue weighted by molar-refractivity contribution is 0.531. The Bertz CT molecular complexity index is 585. The number of pyridine rings is 1. The first-order valence-electron chi connectivity index (χ1n) is 7.29. The molecule has 0 fully saturated rings. The van der Waals surface area contributed by atoms with Gasteiger partial charge in [-0.25, -0.2) is 0 Å². The minimum absolute atomic E-state index is 0.0546. The van der Waals surface area contributed by atoms with Gasteiger partial charge in [0.25, 0.3) is 5.56 Å². The van der Waals surface area contributed by atoms with Crippen LogP contribution in [-0.2, 0) is 13.1 Å². The zero-order valence-electron chi connectivity index (χ0n) is 12.2. The average Bonchev–Trinajstić information content (AvgIpc) is 2.92. The molecule has 0 radical (unpaired) electrons. The summed E-state index contributed by atoms with van der Waals surface area (Å²) in [6, 6.07) is 7.83. The molecule has 2 rings (SSSR count). The fourth-order valence-electron chi connectivity index (χ4n) is 2.42. The summed E-state index contributed by atoms with van der Waals surface area (Å²) in [5, 5.41) is 3.48. The summed E-state index contributed by atoms with van der Waals surface area (Å²) < 4.78 is 3.88. The van der Waals surface area contributed by atoms with Crippen molar-refractivity contribution in [2.24, 2.45) is 0 Å². The van der Waals surface area contributed by atoms with Crippen molar-refractivity contribution in [2.75, 3.05) is 6.54 Å². The van der Waals surface area contributed by atoms with Crippen molar-refractivity contribution in [1.82, 2.24) is 14.5 Å². The molecule has 2 aromatic rings. The van der Waals surface area contributed by atoms with E-state index >= 15 is 0 Å². The van der Waals surface area contributed by atoms with Crippen molar-refractivity contribution >= 4 is 0 Å². The fraction of sp³-hybridized carbons (Fsp3) is 0.438.